The van der Waals surface area contributed by atoms with E-state index in [1.54, 1.807) is 17.4 Å². The predicted molar refractivity (Wildman–Crippen MR) is 108 cm³/mol. The average Bonchev–Trinajstić information content (AvgIpc) is 2.97. The second-order valence-corrected chi connectivity index (χ2v) is 7.67. The van der Waals surface area contributed by atoms with Crippen molar-refractivity contribution in [2.24, 2.45) is 4.99 Å². The van der Waals surface area contributed by atoms with Gasteiger partial charge in [0.15, 0.2) is 5.96 Å². The molecule has 0 spiro atoms. The number of benzene rings is 1. The van der Waals surface area contributed by atoms with E-state index in [2.05, 4.69) is 33.9 Å². The third kappa shape index (κ3) is 4.27. The number of thiazole rings is 1. The van der Waals surface area contributed by atoms with Crippen molar-refractivity contribution in [1.82, 2.24) is 15.2 Å². The van der Waals surface area contributed by atoms with E-state index in [1.807, 2.05) is 25.1 Å². The molecule has 1 fully saturated rings. The molecule has 0 amide bonds. The molecule has 1 aliphatic heterocycles. The number of nitrogens with zero attached hydrogens (tertiary/aromatic N) is 4. The smallest absolute Gasteiger partial charge is 0.194 e. The average molecular weight is 374 g/mol. The normalized spacial score (nSPS) is 15.4. The number of aryl methyl sites for hydroxylation is 2. The lowest BCUT2D eigenvalue weighted by molar-refractivity contribution is 0.369. The minimum absolute atomic E-state index is 0.344. The van der Waals surface area contributed by atoms with Gasteiger partial charge < -0.3 is 20.2 Å². The SMILES string of the molecule is CCNC(=NCc1nc(C)c(C)s1)N1CCN(c2ccccc2O)CC1. The lowest BCUT2D eigenvalue weighted by atomic mass is 10.2. The Morgan fingerprint density at radius 3 is 2.58 bits per heavy atom. The van der Waals surface area contributed by atoms with Gasteiger partial charge in [-0.1, -0.05) is 12.1 Å². The van der Waals surface area contributed by atoms with Crippen molar-refractivity contribution in [3.63, 3.8) is 0 Å². The van der Waals surface area contributed by atoms with Gasteiger partial charge in [-0.15, -0.1) is 11.3 Å². The zero-order valence-corrected chi connectivity index (χ0v) is 16.5. The Balaban J connectivity index is 1.64. The first-order valence-corrected chi connectivity index (χ1v) is 9.89. The number of phenolic OH excluding ortho intramolecular Hbond substituents is 1. The maximum absolute atomic E-state index is 10.1. The Kier molecular flexibility index (Phi) is 5.98. The molecule has 140 valence electrons. The molecule has 0 radical (unpaired) electrons. The Morgan fingerprint density at radius 2 is 1.96 bits per heavy atom. The summed E-state index contributed by atoms with van der Waals surface area (Å²) in [5.41, 5.74) is 2.00. The van der Waals surface area contributed by atoms with Gasteiger partial charge in [-0.3, -0.25) is 0 Å². The number of aromatic hydroxyl groups is 1. The van der Waals surface area contributed by atoms with Gasteiger partial charge in [0.05, 0.1) is 17.9 Å². The van der Waals surface area contributed by atoms with Crippen molar-refractivity contribution in [3.8, 4) is 5.75 Å². The van der Waals surface area contributed by atoms with Gasteiger partial charge >= 0.3 is 0 Å². The van der Waals surface area contributed by atoms with E-state index in [0.29, 0.717) is 12.3 Å². The van der Waals surface area contributed by atoms with E-state index in [1.165, 1.54) is 4.88 Å². The van der Waals surface area contributed by atoms with Gasteiger partial charge in [0.2, 0.25) is 0 Å². The molecule has 0 unspecified atom stereocenters. The Labute approximate surface area is 159 Å². The van der Waals surface area contributed by atoms with E-state index < -0.39 is 0 Å². The lowest BCUT2D eigenvalue weighted by Crippen LogP contribution is -2.52. The van der Waals surface area contributed by atoms with Crippen molar-refractivity contribution < 1.29 is 5.11 Å². The number of phenols is 1. The van der Waals surface area contributed by atoms with Crippen LogP contribution in [0.5, 0.6) is 5.75 Å². The molecule has 3 rings (SSSR count). The number of anilines is 1. The van der Waals surface area contributed by atoms with Crippen molar-refractivity contribution in [2.75, 3.05) is 37.6 Å². The molecular weight excluding hydrogens is 346 g/mol. The molecule has 6 nitrogen and oxygen atoms in total. The van der Waals surface area contributed by atoms with Crippen molar-refractivity contribution in [1.29, 1.82) is 0 Å². The summed E-state index contributed by atoms with van der Waals surface area (Å²) in [5.74, 6) is 1.28. The van der Waals surface area contributed by atoms with Crippen molar-refractivity contribution in [2.45, 2.75) is 27.3 Å². The minimum atomic E-state index is 0.344. The van der Waals surface area contributed by atoms with Crippen LogP contribution in [0, 0.1) is 13.8 Å². The summed E-state index contributed by atoms with van der Waals surface area (Å²) in [5, 5.41) is 14.5. The predicted octanol–water partition coefficient (Wildman–Crippen LogP) is 2.75. The zero-order valence-electron chi connectivity index (χ0n) is 15.7. The molecule has 1 aromatic carbocycles. The second-order valence-electron chi connectivity index (χ2n) is 6.38. The molecule has 0 aliphatic carbocycles. The van der Waals surface area contributed by atoms with Crippen LogP contribution in [0.25, 0.3) is 0 Å². The van der Waals surface area contributed by atoms with Gasteiger partial charge in [0.1, 0.15) is 10.8 Å². The minimum Gasteiger partial charge on any atom is -0.506 e. The number of aliphatic imine (C=N–C) groups is 1. The first-order valence-electron chi connectivity index (χ1n) is 9.07. The van der Waals surface area contributed by atoms with Gasteiger partial charge in [-0.25, -0.2) is 9.98 Å². The van der Waals surface area contributed by atoms with Crippen LogP contribution in [0.3, 0.4) is 0 Å². The molecule has 7 heteroatoms. The first-order chi connectivity index (χ1) is 12.6. The molecule has 0 atom stereocenters. The van der Waals surface area contributed by atoms with Gasteiger partial charge in [-0.05, 0) is 32.9 Å². The molecule has 2 N–H and O–H groups in total. The van der Waals surface area contributed by atoms with Gasteiger partial charge in [0, 0.05) is 37.6 Å². The molecule has 1 aromatic heterocycles. The maximum atomic E-state index is 10.1. The van der Waals surface area contributed by atoms with E-state index >= 15 is 0 Å². The lowest BCUT2D eigenvalue weighted by Gasteiger charge is -2.37. The molecule has 0 bridgehead atoms. The van der Waals surface area contributed by atoms with Crippen LogP contribution < -0.4 is 10.2 Å². The van der Waals surface area contributed by atoms with Crippen LogP contribution in [0.1, 0.15) is 22.5 Å². The van der Waals surface area contributed by atoms with E-state index in [4.69, 9.17) is 4.99 Å². The van der Waals surface area contributed by atoms with E-state index in [9.17, 15) is 5.11 Å². The molecule has 2 heterocycles. The van der Waals surface area contributed by atoms with Crippen LogP contribution >= 0.6 is 11.3 Å². The first kappa shape index (κ1) is 18.5. The summed E-state index contributed by atoms with van der Waals surface area (Å²) in [4.78, 5) is 15.1. The highest BCUT2D eigenvalue weighted by Crippen LogP contribution is 2.27. The van der Waals surface area contributed by atoms with E-state index in [0.717, 1.165) is 55.1 Å². The van der Waals surface area contributed by atoms with Crippen LogP contribution in [-0.4, -0.2) is 53.7 Å². The fourth-order valence-corrected chi connectivity index (χ4v) is 3.92. The number of para-hydroxylation sites is 2. The molecule has 1 aliphatic rings. The second kappa shape index (κ2) is 8.40. The highest BCUT2D eigenvalue weighted by atomic mass is 32.1. The number of guanidine groups is 1. The Hall–Kier alpha value is -2.28. The van der Waals surface area contributed by atoms with Crippen LogP contribution in [0.15, 0.2) is 29.3 Å². The Bertz CT molecular complexity index is 746. The van der Waals surface area contributed by atoms with Crippen LogP contribution in [-0.2, 0) is 6.54 Å². The monoisotopic (exact) mass is 373 g/mol. The Morgan fingerprint density at radius 1 is 1.23 bits per heavy atom. The number of piperazine rings is 1. The quantitative estimate of drug-likeness (QED) is 0.637. The highest BCUT2D eigenvalue weighted by molar-refractivity contribution is 7.11. The fourth-order valence-electron chi connectivity index (χ4n) is 3.07. The van der Waals surface area contributed by atoms with Crippen LogP contribution in [0.2, 0.25) is 0 Å². The summed E-state index contributed by atoms with van der Waals surface area (Å²) in [6.07, 6.45) is 0. The summed E-state index contributed by atoms with van der Waals surface area (Å²) in [7, 11) is 0. The van der Waals surface area contributed by atoms with Crippen molar-refractivity contribution in [3.05, 3.63) is 39.8 Å². The maximum Gasteiger partial charge on any atom is 0.194 e. The van der Waals surface area contributed by atoms with Crippen molar-refractivity contribution >= 4 is 23.0 Å². The van der Waals surface area contributed by atoms with Gasteiger partial charge in [0.25, 0.3) is 0 Å². The number of rotatable bonds is 4. The largest absolute Gasteiger partial charge is 0.506 e. The van der Waals surface area contributed by atoms with E-state index in [-0.39, 0.29) is 0 Å². The topological polar surface area (TPSA) is 64.0 Å². The molecular formula is C19H27N5OS. The molecule has 0 saturated carbocycles. The summed E-state index contributed by atoms with van der Waals surface area (Å²) < 4.78 is 0. The number of hydrogen-bond donors (Lipinski definition) is 2. The number of aromatic nitrogens is 1. The summed E-state index contributed by atoms with van der Waals surface area (Å²) >= 11 is 1.72. The highest BCUT2D eigenvalue weighted by Gasteiger charge is 2.21. The standard InChI is InChI=1S/C19H27N5OS/c1-4-20-19(21-13-18-22-14(2)15(3)26-18)24-11-9-23(10-12-24)16-7-5-6-8-17(16)25/h5-8,25H,4,9-13H2,1-3H3,(H,20,21). The third-order valence-corrected chi connectivity index (χ3v) is 5.63. The molecule has 26 heavy (non-hydrogen) atoms. The summed E-state index contributed by atoms with van der Waals surface area (Å²) in [6, 6.07) is 7.53. The number of nitrogens with one attached hydrogen (secondary N) is 1. The van der Waals surface area contributed by atoms with Crippen LogP contribution in [0.4, 0.5) is 5.69 Å². The molecule has 2 aromatic rings. The third-order valence-electron chi connectivity index (χ3n) is 4.57. The van der Waals surface area contributed by atoms with Gasteiger partial charge in [-0.2, -0.15) is 0 Å². The zero-order chi connectivity index (χ0) is 18.5. The fraction of sp³-hybridized carbons (Fsp3) is 0.474. The number of hydrogen-bond acceptors (Lipinski definition) is 5. The summed E-state index contributed by atoms with van der Waals surface area (Å²) in [6.45, 7) is 11.1. The molecule has 1 saturated heterocycles.